The fraction of sp³-hybridized carbons (Fsp3) is 0.286. The Morgan fingerprint density at radius 3 is 2.62 bits per heavy atom. The van der Waals surface area contributed by atoms with Gasteiger partial charge in [-0.1, -0.05) is 18.2 Å². The molecule has 2 heteroatoms. The van der Waals surface area contributed by atoms with E-state index < -0.39 is 0 Å². The molecule has 0 radical (unpaired) electrons. The quantitative estimate of drug-likeness (QED) is 0.717. The van der Waals surface area contributed by atoms with Crippen LogP contribution in [0.2, 0.25) is 0 Å². The van der Waals surface area contributed by atoms with E-state index in [0.29, 0.717) is 0 Å². The molecule has 0 aliphatic carbocycles. The summed E-state index contributed by atoms with van der Waals surface area (Å²) in [7, 11) is 0. The number of halogens is 1. The highest BCUT2D eigenvalue weighted by atomic mass is 35.5. The predicted molar refractivity (Wildman–Crippen MR) is 66.9 cm³/mol. The second kappa shape index (κ2) is 4.75. The Morgan fingerprint density at radius 2 is 2.00 bits per heavy atom. The summed E-state index contributed by atoms with van der Waals surface area (Å²) >= 11 is 6.31. The maximum absolute atomic E-state index is 6.31. The van der Waals surface area contributed by atoms with Gasteiger partial charge in [0.25, 0.3) is 0 Å². The number of benzene rings is 1. The lowest BCUT2D eigenvalue weighted by Gasteiger charge is -2.09. The number of hydrogen-bond acceptors (Lipinski definition) is 1. The van der Waals surface area contributed by atoms with Crippen molar-refractivity contribution in [2.75, 3.05) is 0 Å². The molecule has 0 aliphatic rings. The lowest BCUT2D eigenvalue weighted by Crippen LogP contribution is -1.95. The summed E-state index contributed by atoms with van der Waals surface area (Å²) in [5.74, 6) is 0. The second-order valence-corrected chi connectivity index (χ2v) is 4.67. The molecule has 16 heavy (non-hydrogen) atoms. The normalized spacial score (nSPS) is 12.7. The molecule has 1 atom stereocenters. The summed E-state index contributed by atoms with van der Waals surface area (Å²) in [5, 5.41) is -0.0131. The first-order chi connectivity index (χ1) is 7.66. The van der Waals surface area contributed by atoms with Gasteiger partial charge in [0.05, 0.1) is 17.9 Å². The molecule has 0 saturated carbocycles. The SMILES string of the molecule is Cc1ccc(CC(Cl)c2ccoc2)cc1C. The van der Waals surface area contributed by atoms with Crippen LogP contribution in [0.15, 0.2) is 41.2 Å². The van der Waals surface area contributed by atoms with Gasteiger partial charge >= 0.3 is 0 Å². The van der Waals surface area contributed by atoms with Crippen LogP contribution in [0.5, 0.6) is 0 Å². The minimum atomic E-state index is -0.0131. The van der Waals surface area contributed by atoms with E-state index in [1.807, 2.05) is 6.07 Å². The second-order valence-electron chi connectivity index (χ2n) is 4.15. The van der Waals surface area contributed by atoms with Gasteiger partial charge in [-0.25, -0.2) is 0 Å². The summed E-state index contributed by atoms with van der Waals surface area (Å²) in [4.78, 5) is 0. The molecule has 1 aromatic carbocycles. The van der Waals surface area contributed by atoms with Gasteiger partial charge in [-0.3, -0.25) is 0 Å². The molecular weight excluding hydrogens is 220 g/mol. The third-order valence-corrected chi connectivity index (χ3v) is 3.30. The van der Waals surface area contributed by atoms with E-state index in [9.17, 15) is 0 Å². The first-order valence-corrected chi connectivity index (χ1v) is 5.83. The lowest BCUT2D eigenvalue weighted by atomic mass is 10.0. The molecule has 1 heterocycles. The van der Waals surface area contributed by atoms with Crippen molar-refractivity contribution in [3.63, 3.8) is 0 Å². The molecule has 2 aromatic rings. The average Bonchev–Trinajstić information content (AvgIpc) is 2.77. The smallest absolute Gasteiger partial charge is 0.0949 e. The number of hydrogen-bond donors (Lipinski definition) is 0. The van der Waals surface area contributed by atoms with Crippen LogP contribution in [0.25, 0.3) is 0 Å². The van der Waals surface area contributed by atoms with Crippen LogP contribution in [0, 0.1) is 13.8 Å². The predicted octanol–water partition coefficient (Wildman–Crippen LogP) is 4.42. The standard InChI is InChI=1S/C14H15ClO/c1-10-3-4-12(7-11(10)2)8-14(15)13-5-6-16-9-13/h3-7,9,14H,8H2,1-2H3. The molecule has 1 aromatic heterocycles. The minimum absolute atomic E-state index is 0.0131. The number of furan rings is 1. The largest absolute Gasteiger partial charge is 0.472 e. The maximum atomic E-state index is 6.31. The Hall–Kier alpha value is -1.21. The first-order valence-electron chi connectivity index (χ1n) is 5.39. The zero-order valence-corrected chi connectivity index (χ0v) is 10.3. The molecule has 0 spiro atoms. The number of rotatable bonds is 3. The highest BCUT2D eigenvalue weighted by Gasteiger charge is 2.10. The van der Waals surface area contributed by atoms with E-state index in [0.717, 1.165) is 12.0 Å². The van der Waals surface area contributed by atoms with E-state index in [2.05, 4.69) is 32.0 Å². The summed E-state index contributed by atoms with van der Waals surface area (Å²) in [6.45, 7) is 4.24. The summed E-state index contributed by atoms with van der Waals surface area (Å²) in [5.41, 5.74) is 4.94. The van der Waals surface area contributed by atoms with Crippen LogP contribution in [0.1, 0.15) is 27.6 Å². The zero-order chi connectivity index (χ0) is 11.5. The third-order valence-electron chi connectivity index (χ3n) is 2.89. The van der Waals surface area contributed by atoms with Crippen molar-refractivity contribution < 1.29 is 4.42 Å². The molecule has 2 rings (SSSR count). The van der Waals surface area contributed by atoms with Crippen LogP contribution >= 0.6 is 11.6 Å². The number of aryl methyl sites for hydroxylation is 2. The monoisotopic (exact) mass is 234 g/mol. The van der Waals surface area contributed by atoms with Gasteiger partial charge in [0.1, 0.15) is 0 Å². The van der Waals surface area contributed by atoms with Crippen molar-refractivity contribution >= 4 is 11.6 Å². The van der Waals surface area contributed by atoms with Crippen LogP contribution in [-0.4, -0.2) is 0 Å². The molecule has 84 valence electrons. The molecule has 0 aliphatic heterocycles. The van der Waals surface area contributed by atoms with E-state index in [1.165, 1.54) is 16.7 Å². The van der Waals surface area contributed by atoms with Crippen LogP contribution < -0.4 is 0 Å². The maximum Gasteiger partial charge on any atom is 0.0949 e. The minimum Gasteiger partial charge on any atom is -0.472 e. The van der Waals surface area contributed by atoms with Crippen molar-refractivity contribution in [3.8, 4) is 0 Å². The van der Waals surface area contributed by atoms with Crippen LogP contribution in [0.4, 0.5) is 0 Å². The molecule has 0 saturated heterocycles. The Bertz CT molecular complexity index is 460. The van der Waals surface area contributed by atoms with Crippen molar-refractivity contribution in [2.45, 2.75) is 25.6 Å². The van der Waals surface area contributed by atoms with Gasteiger partial charge in [-0.15, -0.1) is 11.6 Å². The van der Waals surface area contributed by atoms with Gasteiger partial charge in [0.2, 0.25) is 0 Å². The fourth-order valence-corrected chi connectivity index (χ4v) is 2.01. The average molecular weight is 235 g/mol. The number of alkyl halides is 1. The molecular formula is C14H15ClO. The lowest BCUT2D eigenvalue weighted by molar-refractivity contribution is 0.563. The van der Waals surface area contributed by atoms with E-state index in [1.54, 1.807) is 12.5 Å². The third kappa shape index (κ3) is 2.48. The van der Waals surface area contributed by atoms with Gasteiger partial charge in [-0.2, -0.15) is 0 Å². The van der Waals surface area contributed by atoms with Crippen LogP contribution in [-0.2, 0) is 6.42 Å². The summed E-state index contributed by atoms with van der Waals surface area (Å²) in [6, 6.07) is 8.39. The Balaban J connectivity index is 2.12. The van der Waals surface area contributed by atoms with Crippen molar-refractivity contribution in [1.29, 1.82) is 0 Å². The van der Waals surface area contributed by atoms with E-state index in [-0.39, 0.29) is 5.38 Å². The zero-order valence-electron chi connectivity index (χ0n) is 9.53. The molecule has 0 fully saturated rings. The molecule has 1 unspecified atom stereocenters. The fourth-order valence-electron chi connectivity index (χ4n) is 1.71. The van der Waals surface area contributed by atoms with Gasteiger partial charge in [0, 0.05) is 5.56 Å². The highest BCUT2D eigenvalue weighted by molar-refractivity contribution is 6.20. The summed E-state index contributed by atoms with van der Waals surface area (Å²) in [6.07, 6.45) is 4.20. The summed E-state index contributed by atoms with van der Waals surface area (Å²) < 4.78 is 5.03. The van der Waals surface area contributed by atoms with Gasteiger partial charge in [0.15, 0.2) is 0 Å². The van der Waals surface area contributed by atoms with E-state index >= 15 is 0 Å². The van der Waals surface area contributed by atoms with Crippen molar-refractivity contribution in [1.82, 2.24) is 0 Å². The topological polar surface area (TPSA) is 13.1 Å². The van der Waals surface area contributed by atoms with Crippen molar-refractivity contribution in [2.24, 2.45) is 0 Å². The Labute approximate surface area is 101 Å². The van der Waals surface area contributed by atoms with E-state index in [4.69, 9.17) is 16.0 Å². The molecule has 0 N–H and O–H groups in total. The first kappa shape index (κ1) is 11.3. The molecule has 0 amide bonds. The van der Waals surface area contributed by atoms with Crippen molar-refractivity contribution in [3.05, 3.63) is 59.0 Å². The Kier molecular flexibility index (Phi) is 3.35. The van der Waals surface area contributed by atoms with Crippen LogP contribution in [0.3, 0.4) is 0 Å². The van der Waals surface area contributed by atoms with Gasteiger partial charge in [-0.05, 0) is 43.0 Å². The highest BCUT2D eigenvalue weighted by Crippen LogP contribution is 2.25. The Morgan fingerprint density at radius 1 is 1.19 bits per heavy atom. The van der Waals surface area contributed by atoms with Gasteiger partial charge < -0.3 is 4.42 Å². The molecule has 0 bridgehead atoms. The molecule has 1 nitrogen and oxygen atoms in total.